The molecule has 15 heavy (non-hydrogen) atoms. The maximum atomic E-state index is 11.1. The molecule has 0 bridgehead atoms. The van der Waals surface area contributed by atoms with Crippen LogP contribution in [0.3, 0.4) is 0 Å². The Kier molecular flexibility index (Phi) is 4.12. The highest BCUT2D eigenvalue weighted by Gasteiger charge is 2.05. The van der Waals surface area contributed by atoms with E-state index in [1.54, 1.807) is 25.3 Å². The molecule has 1 heterocycles. The average Bonchev–Trinajstić information content (AvgIpc) is 2.18. The Balaban J connectivity index is 2.89. The SMILES string of the molecule is CCOC(=O)/C=C(\N)c1cccnc1Cl. The van der Waals surface area contributed by atoms with Crippen LogP contribution in [-0.4, -0.2) is 17.6 Å². The molecule has 0 aliphatic carbocycles. The van der Waals surface area contributed by atoms with Crippen LogP contribution in [-0.2, 0) is 9.53 Å². The zero-order valence-electron chi connectivity index (χ0n) is 8.24. The van der Waals surface area contributed by atoms with Crippen LogP contribution < -0.4 is 5.73 Å². The van der Waals surface area contributed by atoms with Crippen molar-refractivity contribution in [2.24, 2.45) is 5.73 Å². The first-order valence-corrected chi connectivity index (χ1v) is 4.77. The Labute approximate surface area is 92.7 Å². The summed E-state index contributed by atoms with van der Waals surface area (Å²) >= 11 is 5.80. The third-order valence-electron chi connectivity index (χ3n) is 1.63. The van der Waals surface area contributed by atoms with E-state index in [1.807, 2.05) is 0 Å². The summed E-state index contributed by atoms with van der Waals surface area (Å²) in [6.45, 7) is 2.03. The van der Waals surface area contributed by atoms with Gasteiger partial charge in [0, 0.05) is 23.5 Å². The molecule has 0 aliphatic rings. The predicted molar refractivity (Wildman–Crippen MR) is 58.0 cm³/mol. The first-order chi connectivity index (χ1) is 7.15. The summed E-state index contributed by atoms with van der Waals surface area (Å²) in [5.74, 6) is -0.491. The van der Waals surface area contributed by atoms with E-state index >= 15 is 0 Å². The van der Waals surface area contributed by atoms with E-state index in [4.69, 9.17) is 22.1 Å². The maximum absolute atomic E-state index is 11.1. The van der Waals surface area contributed by atoms with E-state index in [0.717, 1.165) is 0 Å². The van der Waals surface area contributed by atoms with Crippen LogP contribution in [0.25, 0.3) is 5.70 Å². The largest absolute Gasteiger partial charge is 0.463 e. The number of pyridine rings is 1. The van der Waals surface area contributed by atoms with Gasteiger partial charge in [-0.25, -0.2) is 9.78 Å². The van der Waals surface area contributed by atoms with Gasteiger partial charge in [0.15, 0.2) is 0 Å². The minimum absolute atomic E-state index is 0.242. The maximum Gasteiger partial charge on any atom is 0.332 e. The number of esters is 1. The average molecular weight is 227 g/mol. The molecule has 0 aromatic carbocycles. The van der Waals surface area contributed by atoms with Gasteiger partial charge in [-0.1, -0.05) is 11.6 Å². The molecule has 0 amide bonds. The molecule has 1 aromatic heterocycles. The Morgan fingerprint density at radius 2 is 2.47 bits per heavy atom. The number of aromatic nitrogens is 1. The van der Waals surface area contributed by atoms with Gasteiger partial charge in [-0.2, -0.15) is 0 Å². The number of nitrogens with zero attached hydrogens (tertiary/aromatic N) is 1. The molecule has 80 valence electrons. The van der Waals surface area contributed by atoms with E-state index in [0.29, 0.717) is 12.2 Å². The molecule has 0 atom stereocenters. The van der Waals surface area contributed by atoms with Crippen molar-refractivity contribution in [3.63, 3.8) is 0 Å². The minimum atomic E-state index is -0.491. The van der Waals surface area contributed by atoms with Crippen molar-refractivity contribution in [1.29, 1.82) is 0 Å². The van der Waals surface area contributed by atoms with E-state index in [1.165, 1.54) is 6.08 Å². The molecular formula is C10H11ClN2O2. The Hall–Kier alpha value is -1.55. The van der Waals surface area contributed by atoms with Gasteiger partial charge in [-0.3, -0.25) is 0 Å². The van der Waals surface area contributed by atoms with Crippen LogP contribution in [0.4, 0.5) is 0 Å². The van der Waals surface area contributed by atoms with Gasteiger partial charge in [-0.05, 0) is 19.1 Å². The second-order valence-corrected chi connectivity index (χ2v) is 3.05. The van der Waals surface area contributed by atoms with Gasteiger partial charge in [0.1, 0.15) is 5.15 Å². The number of carbonyl (C=O) groups is 1. The number of hydrogen-bond donors (Lipinski definition) is 1. The lowest BCUT2D eigenvalue weighted by atomic mass is 10.2. The fourth-order valence-electron chi connectivity index (χ4n) is 0.990. The van der Waals surface area contributed by atoms with Crippen molar-refractivity contribution in [3.05, 3.63) is 35.1 Å². The third-order valence-corrected chi connectivity index (χ3v) is 1.93. The molecule has 0 unspecified atom stereocenters. The van der Waals surface area contributed by atoms with Crippen LogP contribution in [0.5, 0.6) is 0 Å². The van der Waals surface area contributed by atoms with Gasteiger partial charge >= 0.3 is 5.97 Å². The Morgan fingerprint density at radius 3 is 3.07 bits per heavy atom. The van der Waals surface area contributed by atoms with Crippen molar-refractivity contribution in [1.82, 2.24) is 4.98 Å². The summed E-state index contributed by atoms with van der Waals surface area (Å²) in [7, 11) is 0. The van der Waals surface area contributed by atoms with E-state index in [-0.39, 0.29) is 10.9 Å². The molecule has 0 radical (unpaired) electrons. The monoisotopic (exact) mass is 226 g/mol. The topological polar surface area (TPSA) is 65.2 Å². The Bertz CT molecular complexity index is 391. The van der Waals surface area contributed by atoms with Crippen LogP contribution in [0, 0.1) is 0 Å². The molecule has 1 aromatic rings. The highest BCUT2D eigenvalue weighted by molar-refractivity contribution is 6.31. The highest BCUT2D eigenvalue weighted by Crippen LogP contribution is 2.17. The van der Waals surface area contributed by atoms with Gasteiger partial charge in [0.2, 0.25) is 0 Å². The van der Waals surface area contributed by atoms with Gasteiger partial charge < -0.3 is 10.5 Å². The number of hydrogen-bond acceptors (Lipinski definition) is 4. The fraction of sp³-hybridized carbons (Fsp3) is 0.200. The summed E-state index contributed by atoms with van der Waals surface area (Å²) < 4.78 is 4.72. The highest BCUT2D eigenvalue weighted by atomic mass is 35.5. The standard InChI is InChI=1S/C10H11ClN2O2/c1-2-15-9(14)6-8(12)7-4-3-5-13-10(7)11/h3-6H,2,12H2,1H3/b8-6-. The molecule has 0 spiro atoms. The van der Waals surface area contributed by atoms with Crippen LogP contribution in [0.2, 0.25) is 5.15 Å². The van der Waals surface area contributed by atoms with E-state index in [9.17, 15) is 4.79 Å². The minimum Gasteiger partial charge on any atom is -0.463 e. The first kappa shape index (κ1) is 11.5. The lowest BCUT2D eigenvalue weighted by Crippen LogP contribution is -2.05. The summed E-state index contributed by atoms with van der Waals surface area (Å²) in [5.41, 5.74) is 6.43. The molecule has 0 fully saturated rings. The number of halogens is 1. The summed E-state index contributed by atoms with van der Waals surface area (Å²) in [6, 6.07) is 3.37. The quantitative estimate of drug-likeness (QED) is 0.483. The molecule has 2 N–H and O–H groups in total. The van der Waals surface area contributed by atoms with Crippen molar-refractivity contribution in [3.8, 4) is 0 Å². The second-order valence-electron chi connectivity index (χ2n) is 2.69. The number of carbonyl (C=O) groups excluding carboxylic acids is 1. The van der Waals surface area contributed by atoms with Crippen LogP contribution >= 0.6 is 11.6 Å². The summed E-state index contributed by atoms with van der Waals surface area (Å²) in [6.07, 6.45) is 2.73. The molecule has 0 saturated carbocycles. The van der Waals surface area contributed by atoms with Crippen molar-refractivity contribution in [2.75, 3.05) is 6.61 Å². The fourth-order valence-corrected chi connectivity index (χ4v) is 1.22. The van der Waals surface area contributed by atoms with Crippen molar-refractivity contribution >= 4 is 23.3 Å². The number of ether oxygens (including phenoxy) is 1. The van der Waals surface area contributed by atoms with Gasteiger partial charge in [-0.15, -0.1) is 0 Å². The second kappa shape index (κ2) is 5.36. The molecule has 4 nitrogen and oxygen atoms in total. The molecule has 0 aliphatic heterocycles. The molecular weight excluding hydrogens is 216 g/mol. The third kappa shape index (κ3) is 3.25. The zero-order valence-corrected chi connectivity index (χ0v) is 8.99. The molecule has 0 saturated heterocycles. The summed E-state index contributed by atoms with van der Waals surface area (Å²) in [4.78, 5) is 14.9. The van der Waals surface area contributed by atoms with E-state index in [2.05, 4.69) is 4.98 Å². The Morgan fingerprint density at radius 1 is 1.73 bits per heavy atom. The lowest BCUT2D eigenvalue weighted by Gasteiger charge is -2.03. The summed E-state index contributed by atoms with van der Waals surface area (Å²) in [5, 5.41) is 0.260. The molecule has 5 heteroatoms. The van der Waals surface area contributed by atoms with Gasteiger partial charge in [0.05, 0.1) is 6.61 Å². The smallest absolute Gasteiger partial charge is 0.332 e. The van der Waals surface area contributed by atoms with Crippen molar-refractivity contribution < 1.29 is 9.53 Å². The number of nitrogens with two attached hydrogens (primary N) is 1. The zero-order chi connectivity index (χ0) is 11.3. The predicted octanol–water partition coefficient (Wildman–Crippen LogP) is 1.60. The first-order valence-electron chi connectivity index (χ1n) is 4.40. The van der Waals surface area contributed by atoms with Crippen molar-refractivity contribution in [2.45, 2.75) is 6.92 Å². The van der Waals surface area contributed by atoms with Gasteiger partial charge in [0.25, 0.3) is 0 Å². The number of rotatable bonds is 3. The lowest BCUT2D eigenvalue weighted by molar-refractivity contribution is -0.137. The van der Waals surface area contributed by atoms with E-state index < -0.39 is 5.97 Å². The van der Waals surface area contributed by atoms with Crippen LogP contribution in [0.1, 0.15) is 12.5 Å². The molecule has 1 rings (SSSR count). The normalized spacial score (nSPS) is 11.2. The van der Waals surface area contributed by atoms with Crippen LogP contribution in [0.15, 0.2) is 24.4 Å².